The van der Waals surface area contributed by atoms with Crippen LogP contribution in [0, 0.1) is 6.43 Å². The Balaban J connectivity index is 2.91. The van der Waals surface area contributed by atoms with Crippen LogP contribution in [0.25, 0.3) is 0 Å². The Morgan fingerprint density at radius 1 is 0.526 bits per heavy atom. The summed E-state index contributed by atoms with van der Waals surface area (Å²) in [5.74, 6) is 0. The molecule has 0 nitrogen and oxygen atoms in total. The Morgan fingerprint density at radius 3 is 1.16 bits per heavy atom. The average molecular weight is 275 g/mol. The highest BCUT2D eigenvalue weighted by Crippen LogP contribution is 2.16. The first kappa shape index (κ1) is 18.9. The molecule has 0 aliphatic rings. The topological polar surface area (TPSA) is 0 Å². The Labute approximate surface area is 119 Å². The molecule has 0 amide bonds. The van der Waals surface area contributed by atoms with E-state index in [0.29, 0.717) is 6.42 Å². The van der Waals surface area contributed by atoms with Gasteiger partial charge in [-0.15, -0.1) is 0 Å². The van der Waals surface area contributed by atoms with Gasteiger partial charge in [0.15, 0.2) is 0 Å². The number of unbranched alkanes of at least 4 members (excludes halogenated alkanes) is 13. The molecule has 0 aromatic carbocycles. The van der Waals surface area contributed by atoms with E-state index in [9.17, 15) is 8.78 Å². The fraction of sp³-hybridized carbons (Fsp3) is 0.941. The molecule has 0 N–H and O–H groups in total. The molecule has 0 fully saturated rings. The molecular formula is C17H33F2. The van der Waals surface area contributed by atoms with E-state index in [1.54, 1.807) is 0 Å². The second kappa shape index (κ2) is 15.9. The van der Waals surface area contributed by atoms with E-state index < -0.39 is 6.43 Å². The molecule has 0 saturated carbocycles. The minimum atomic E-state index is -1.40. The largest absolute Gasteiger partial charge is 0.310 e. The van der Waals surface area contributed by atoms with Crippen LogP contribution in [0.5, 0.6) is 0 Å². The first-order valence-corrected chi connectivity index (χ1v) is 8.44. The fourth-order valence-corrected chi connectivity index (χ4v) is 2.45. The van der Waals surface area contributed by atoms with Crippen molar-refractivity contribution in [3.63, 3.8) is 0 Å². The van der Waals surface area contributed by atoms with Crippen LogP contribution in [0.4, 0.5) is 8.78 Å². The molecule has 0 aromatic rings. The first-order chi connectivity index (χ1) is 9.27. The SMILES string of the molecule is CCCCCCCCCCCCCCCC[C](F)F. The third kappa shape index (κ3) is 17.9. The lowest BCUT2D eigenvalue weighted by Gasteiger charge is -2.03. The van der Waals surface area contributed by atoms with E-state index in [4.69, 9.17) is 0 Å². The van der Waals surface area contributed by atoms with E-state index in [1.165, 1.54) is 70.6 Å². The van der Waals surface area contributed by atoms with Gasteiger partial charge in [-0.1, -0.05) is 90.4 Å². The minimum absolute atomic E-state index is 0.0119. The highest BCUT2D eigenvalue weighted by molar-refractivity contribution is 4.59. The molecule has 0 bridgehead atoms. The van der Waals surface area contributed by atoms with E-state index in [1.807, 2.05) is 0 Å². The summed E-state index contributed by atoms with van der Waals surface area (Å²) in [6.07, 6.45) is 16.3. The maximum Gasteiger partial charge on any atom is 0.310 e. The molecule has 1 radical (unpaired) electrons. The smallest absolute Gasteiger partial charge is 0.200 e. The summed E-state index contributed by atoms with van der Waals surface area (Å²) in [6, 6.07) is 0. The van der Waals surface area contributed by atoms with Gasteiger partial charge in [-0.25, -0.2) is 0 Å². The van der Waals surface area contributed by atoms with Crippen molar-refractivity contribution in [3.8, 4) is 0 Å². The van der Waals surface area contributed by atoms with Crippen molar-refractivity contribution < 1.29 is 8.78 Å². The standard InChI is InChI=1S/C17H33F2/c1-2-3-4-5-6-7-8-9-10-11-12-13-14-15-16-17(18)19/h2-16H2,1H3. The van der Waals surface area contributed by atoms with E-state index in [2.05, 4.69) is 6.92 Å². The van der Waals surface area contributed by atoms with Gasteiger partial charge >= 0.3 is 6.43 Å². The molecule has 0 aliphatic heterocycles. The summed E-state index contributed by atoms with van der Waals surface area (Å²) in [6.45, 7) is 2.26. The molecule has 115 valence electrons. The van der Waals surface area contributed by atoms with Crippen LogP contribution >= 0.6 is 0 Å². The predicted molar refractivity (Wildman–Crippen MR) is 80.4 cm³/mol. The summed E-state index contributed by atoms with van der Waals surface area (Å²) in [7, 11) is 0. The van der Waals surface area contributed by atoms with Crippen molar-refractivity contribution in [1.29, 1.82) is 0 Å². The molecule has 0 aromatic heterocycles. The Bertz CT molecular complexity index is 157. The monoisotopic (exact) mass is 275 g/mol. The molecule has 2 heteroatoms. The zero-order valence-corrected chi connectivity index (χ0v) is 12.9. The molecule has 0 aliphatic carbocycles. The number of halogens is 2. The molecule has 0 saturated heterocycles. The van der Waals surface area contributed by atoms with Crippen LogP contribution in [0.15, 0.2) is 0 Å². The Morgan fingerprint density at radius 2 is 0.842 bits per heavy atom. The van der Waals surface area contributed by atoms with Gasteiger partial charge in [0.2, 0.25) is 0 Å². The van der Waals surface area contributed by atoms with Gasteiger partial charge < -0.3 is 0 Å². The van der Waals surface area contributed by atoms with Gasteiger partial charge in [-0.2, -0.15) is 8.78 Å². The zero-order valence-electron chi connectivity index (χ0n) is 12.9. The van der Waals surface area contributed by atoms with E-state index >= 15 is 0 Å². The van der Waals surface area contributed by atoms with Crippen molar-refractivity contribution in [1.82, 2.24) is 0 Å². The van der Waals surface area contributed by atoms with Gasteiger partial charge in [0, 0.05) is 6.42 Å². The number of hydrogen-bond acceptors (Lipinski definition) is 0. The molecular weight excluding hydrogens is 242 g/mol. The lowest BCUT2D eigenvalue weighted by molar-refractivity contribution is 0.264. The predicted octanol–water partition coefficient (Wildman–Crippen LogP) is 7.29. The lowest BCUT2D eigenvalue weighted by atomic mass is 10.0. The van der Waals surface area contributed by atoms with Crippen LogP contribution in [0.1, 0.15) is 103 Å². The van der Waals surface area contributed by atoms with Crippen LogP contribution < -0.4 is 0 Å². The summed E-state index contributed by atoms with van der Waals surface area (Å²) in [5.41, 5.74) is 0. The summed E-state index contributed by atoms with van der Waals surface area (Å²) in [5, 5.41) is 0. The van der Waals surface area contributed by atoms with E-state index in [-0.39, 0.29) is 6.42 Å². The number of hydrogen-bond donors (Lipinski definition) is 0. The third-order valence-electron chi connectivity index (χ3n) is 3.72. The Kier molecular flexibility index (Phi) is 15.8. The maximum absolute atomic E-state index is 11.8. The van der Waals surface area contributed by atoms with E-state index in [0.717, 1.165) is 12.8 Å². The highest BCUT2D eigenvalue weighted by Gasteiger charge is 2.03. The highest BCUT2D eigenvalue weighted by atomic mass is 19.3. The molecule has 19 heavy (non-hydrogen) atoms. The second-order valence-electron chi connectivity index (χ2n) is 5.68. The maximum atomic E-state index is 11.8. The van der Waals surface area contributed by atoms with Crippen LogP contribution in [0.3, 0.4) is 0 Å². The van der Waals surface area contributed by atoms with Crippen molar-refractivity contribution in [2.75, 3.05) is 0 Å². The fourth-order valence-electron chi connectivity index (χ4n) is 2.45. The second-order valence-corrected chi connectivity index (χ2v) is 5.68. The molecule has 0 atom stereocenters. The number of rotatable bonds is 15. The van der Waals surface area contributed by atoms with Gasteiger partial charge in [-0.3, -0.25) is 0 Å². The molecule has 0 heterocycles. The molecule has 0 spiro atoms. The average Bonchev–Trinajstić information content (AvgIpc) is 2.39. The van der Waals surface area contributed by atoms with Gasteiger partial charge in [0.25, 0.3) is 0 Å². The lowest BCUT2D eigenvalue weighted by Crippen LogP contribution is -1.84. The van der Waals surface area contributed by atoms with Crippen molar-refractivity contribution in [2.45, 2.75) is 103 Å². The van der Waals surface area contributed by atoms with Gasteiger partial charge in [0.1, 0.15) is 0 Å². The molecule has 0 rings (SSSR count). The normalized spacial score (nSPS) is 11.4. The first-order valence-electron chi connectivity index (χ1n) is 8.44. The summed E-state index contributed by atoms with van der Waals surface area (Å²) >= 11 is 0. The zero-order chi connectivity index (χ0) is 14.2. The summed E-state index contributed by atoms with van der Waals surface area (Å²) in [4.78, 5) is 0. The van der Waals surface area contributed by atoms with Crippen molar-refractivity contribution in [3.05, 3.63) is 6.43 Å². The Hall–Kier alpha value is -0.140. The van der Waals surface area contributed by atoms with Gasteiger partial charge in [0.05, 0.1) is 0 Å². The third-order valence-corrected chi connectivity index (χ3v) is 3.72. The quantitative estimate of drug-likeness (QED) is 0.275. The van der Waals surface area contributed by atoms with Crippen molar-refractivity contribution >= 4 is 0 Å². The van der Waals surface area contributed by atoms with Crippen LogP contribution in [-0.4, -0.2) is 0 Å². The van der Waals surface area contributed by atoms with Crippen LogP contribution in [0.2, 0.25) is 0 Å². The van der Waals surface area contributed by atoms with Crippen LogP contribution in [-0.2, 0) is 0 Å². The van der Waals surface area contributed by atoms with Gasteiger partial charge in [-0.05, 0) is 6.42 Å². The van der Waals surface area contributed by atoms with Crippen molar-refractivity contribution in [2.24, 2.45) is 0 Å². The summed E-state index contributed by atoms with van der Waals surface area (Å²) < 4.78 is 23.6. The minimum Gasteiger partial charge on any atom is -0.200 e. The molecule has 0 unspecified atom stereocenters.